The summed E-state index contributed by atoms with van der Waals surface area (Å²) in [5.74, 6) is -0.349. The highest BCUT2D eigenvalue weighted by atomic mass is 32.2. The van der Waals surface area contributed by atoms with E-state index in [2.05, 4.69) is 10.3 Å². The molecule has 1 heterocycles. The van der Waals surface area contributed by atoms with Crippen molar-refractivity contribution in [3.63, 3.8) is 0 Å². The molecule has 1 amide bonds. The molecule has 0 fully saturated rings. The van der Waals surface area contributed by atoms with E-state index in [4.69, 9.17) is 0 Å². The van der Waals surface area contributed by atoms with Crippen molar-refractivity contribution in [2.45, 2.75) is 20.0 Å². The average Bonchev–Trinajstić information content (AvgIpc) is 2.54. The number of nitrogens with one attached hydrogen (secondary N) is 1. The van der Waals surface area contributed by atoms with Crippen LogP contribution >= 0.6 is 0 Å². The molecule has 0 aliphatic carbocycles. The minimum atomic E-state index is -3.50. The van der Waals surface area contributed by atoms with Gasteiger partial charge in [0.1, 0.15) is 0 Å². The van der Waals surface area contributed by atoms with Crippen molar-refractivity contribution in [1.82, 2.24) is 14.6 Å². The first-order valence-electron chi connectivity index (χ1n) is 7.51. The number of rotatable bonds is 7. The van der Waals surface area contributed by atoms with Crippen molar-refractivity contribution in [2.24, 2.45) is 0 Å². The molecule has 6 nitrogen and oxygen atoms in total. The van der Waals surface area contributed by atoms with Crippen LogP contribution in [0, 0.1) is 6.92 Å². The zero-order valence-corrected chi connectivity index (χ0v) is 14.6. The van der Waals surface area contributed by atoms with Crippen LogP contribution < -0.4 is 5.32 Å². The minimum absolute atomic E-state index is 0.172. The lowest BCUT2D eigenvalue weighted by Crippen LogP contribution is -2.39. The molecule has 0 bridgehead atoms. The van der Waals surface area contributed by atoms with Crippen LogP contribution in [0.15, 0.2) is 48.8 Å². The Labute approximate surface area is 142 Å². The Kier molecular flexibility index (Phi) is 6.05. The predicted octanol–water partition coefficient (Wildman–Crippen LogP) is 1.47. The molecule has 2 aromatic rings. The van der Waals surface area contributed by atoms with Crippen molar-refractivity contribution in [2.75, 3.05) is 12.8 Å². The van der Waals surface area contributed by atoms with E-state index in [1.807, 2.05) is 37.3 Å². The van der Waals surface area contributed by atoms with E-state index >= 15 is 0 Å². The first-order chi connectivity index (χ1) is 11.4. The highest BCUT2D eigenvalue weighted by molar-refractivity contribution is 7.88. The number of carbonyl (C=O) groups is 1. The van der Waals surface area contributed by atoms with Crippen LogP contribution in [0.25, 0.3) is 0 Å². The molecule has 0 atom stereocenters. The third kappa shape index (κ3) is 5.43. The van der Waals surface area contributed by atoms with Gasteiger partial charge in [0, 0.05) is 25.5 Å². The summed E-state index contributed by atoms with van der Waals surface area (Å²) in [6.07, 6.45) is 4.42. The van der Waals surface area contributed by atoms with E-state index < -0.39 is 10.0 Å². The van der Waals surface area contributed by atoms with Gasteiger partial charge in [0.05, 0.1) is 12.8 Å². The molecule has 1 aromatic heterocycles. The van der Waals surface area contributed by atoms with E-state index in [0.717, 1.165) is 22.9 Å². The Bertz CT molecular complexity index is 792. The lowest BCUT2D eigenvalue weighted by atomic mass is 10.1. The van der Waals surface area contributed by atoms with Crippen LogP contribution in [0.3, 0.4) is 0 Å². The van der Waals surface area contributed by atoms with Gasteiger partial charge in [-0.15, -0.1) is 0 Å². The Morgan fingerprint density at radius 1 is 1.21 bits per heavy atom. The number of aryl methyl sites for hydroxylation is 1. The number of aromatic nitrogens is 1. The lowest BCUT2D eigenvalue weighted by Gasteiger charge is -2.20. The summed E-state index contributed by atoms with van der Waals surface area (Å²) in [7, 11) is -3.50. The van der Waals surface area contributed by atoms with Crippen molar-refractivity contribution >= 4 is 15.9 Å². The van der Waals surface area contributed by atoms with Crippen molar-refractivity contribution in [1.29, 1.82) is 0 Å². The molecule has 0 aliphatic rings. The van der Waals surface area contributed by atoms with Crippen LogP contribution in [-0.4, -0.2) is 36.4 Å². The molecule has 24 heavy (non-hydrogen) atoms. The number of pyridine rings is 1. The van der Waals surface area contributed by atoms with E-state index in [1.165, 1.54) is 4.31 Å². The van der Waals surface area contributed by atoms with Crippen LogP contribution in [0.4, 0.5) is 0 Å². The van der Waals surface area contributed by atoms with E-state index in [9.17, 15) is 13.2 Å². The van der Waals surface area contributed by atoms with Gasteiger partial charge in [-0.1, -0.05) is 30.3 Å². The molecule has 0 radical (unpaired) electrons. The Morgan fingerprint density at radius 2 is 1.96 bits per heavy atom. The number of carbonyl (C=O) groups excluding carboxylic acids is 1. The second-order valence-corrected chi connectivity index (χ2v) is 7.58. The van der Waals surface area contributed by atoms with Gasteiger partial charge in [0.15, 0.2) is 0 Å². The Hall–Kier alpha value is -2.25. The molecule has 7 heteroatoms. The molecule has 128 valence electrons. The van der Waals surface area contributed by atoms with Crippen LogP contribution in [0.1, 0.15) is 16.7 Å². The zero-order chi connectivity index (χ0) is 17.6. The SMILES string of the molecule is Cc1ccccc1CN(CC(=O)NCc1cccnc1)S(C)(=O)=O. The van der Waals surface area contributed by atoms with Crippen molar-refractivity contribution < 1.29 is 13.2 Å². The predicted molar refractivity (Wildman–Crippen MR) is 92.5 cm³/mol. The summed E-state index contributed by atoms with van der Waals surface area (Å²) in [6, 6.07) is 11.1. The van der Waals surface area contributed by atoms with E-state index in [-0.39, 0.29) is 19.0 Å². The Morgan fingerprint density at radius 3 is 2.58 bits per heavy atom. The van der Waals surface area contributed by atoms with Gasteiger partial charge in [-0.05, 0) is 29.7 Å². The van der Waals surface area contributed by atoms with Crippen LogP contribution in [0.5, 0.6) is 0 Å². The van der Waals surface area contributed by atoms with Gasteiger partial charge in [0.25, 0.3) is 0 Å². The summed E-state index contributed by atoms with van der Waals surface area (Å²) in [4.78, 5) is 16.1. The fraction of sp³-hybridized carbons (Fsp3) is 0.294. The molecule has 0 saturated carbocycles. The monoisotopic (exact) mass is 347 g/mol. The second kappa shape index (κ2) is 8.03. The lowest BCUT2D eigenvalue weighted by molar-refractivity contribution is -0.121. The van der Waals surface area contributed by atoms with Gasteiger partial charge in [-0.25, -0.2) is 8.42 Å². The Balaban J connectivity index is 2.01. The number of hydrogen-bond donors (Lipinski definition) is 1. The van der Waals surface area contributed by atoms with Crippen molar-refractivity contribution in [3.8, 4) is 0 Å². The smallest absolute Gasteiger partial charge is 0.235 e. The normalized spacial score (nSPS) is 11.5. The first-order valence-corrected chi connectivity index (χ1v) is 9.36. The molecule has 0 saturated heterocycles. The summed E-state index contributed by atoms with van der Waals surface area (Å²) >= 11 is 0. The summed E-state index contributed by atoms with van der Waals surface area (Å²) < 4.78 is 25.2. The van der Waals surface area contributed by atoms with Gasteiger partial charge < -0.3 is 5.32 Å². The molecule has 0 spiro atoms. The fourth-order valence-electron chi connectivity index (χ4n) is 2.19. The number of benzene rings is 1. The van der Waals surface area contributed by atoms with Gasteiger partial charge in [0.2, 0.25) is 15.9 Å². The molecule has 0 unspecified atom stereocenters. The third-order valence-corrected chi connectivity index (χ3v) is 4.81. The summed E-state index contributed by atoms with van der Waals surface area (Å²) in [6.45, 7) is 2.19. The van der Waals surface area contributed by atoms with Gasteiger partial charge in [-0.3, -0.25) is 9.78 Å². The first kappa shape index (κ1) is 18.1. The molecule has 1 N–H and O–H groups in total. The number of hydrogen-bond acceptors (Lipinski definition) is 4. The average molecular weight is 347 g/mol. The third-order valence-electron chi connectivity index (χ3n) is 3.61. The zero-order valence-electron chi connectivity index (χ0n) is 13.8. The molecule has 2 rings (SSSR count). The highest BCUT2D eigenvalue weighted by Gasteiger charge is 2.21. The molecule has 0 aliphatic heterocycles. The molecule has 1 aromatic carbocycles. The second-order valence-electron chi connectivity index (χ2n) is 5.60. The quantitative estimate of drug-likeness (QED) is 0.822. The van der Waals surface area contributed by atoms with Crippen LogP contribution in [0.2, 0.25) is 0 Å². The van der Waals surface area contributed by atoms with Crippen LogP contribution in [-0.2, 0) is 27.9 Å². The molecular formula is C17H21N3O3S. The number of nitrogens with zero attached hydrogens (tertiary/aromatic N) is 2. The van der Waals surface area contributed by atoms with Gasteiger partial charge in [-0.2, -0.15) is 4.31 Å². The maximum atomic E-state index is 12.1. The minimum Gasteiger partial charge on any atom is -0.351 e. The van der Waals surface area contributed by atoms with Crippen molar-refractivity contribution in [3.05, 3.63) is 65.5 Å². The summed E-state index contributed by atoms with van der Waals surface area (Å²) in [5, 5.41) is 2.72. The fourth-order valence-corrected chi connectivity index (χ4v) is 2.91. The maximum Gasteiger partial charge on any atom is 0.235 e. The maximum absolute atomic E-state index is 12.1. The number of amides is 1. The number of sulfonamides is 1. The van der Waals surface area contributed by atoms with Gasteiger partial charge >= 0.3 is 0 Å². The van der Waals surface area contributed by atoms with E-state index in [1.54, 1.807) is 18.5 Å². The standard InChI is InChI=1S/C17H21N3O3S/c1-14-6-3-4-8-16(14)12-20(24(2,22)23)13-17(21)19-11-15-7-5-9-18-10-15/h3-10H,11-13H2,1-2H3,(H,19,21). The highest BCUT2D eigenvalue weighted by Crippen LogP contribution is 2.12. The molecular weight excluding hydrogens is 326 g/mol. The summed E-state index contributed by atoms with van der Waals surface area (Å²) in [5.41, 5.74) is 2.72. The van der Waals surface area contributed by atoms with E-state index in [0.29, 0.717) is 6.54 Å². The largest absolute Gasteiger partial charge is 0.351 e. The topological polar surface area (TPSA) is 79.4 Å².